The lowest BCUT2D eigenvalue weighted by atomic mass is 10.2. The number of halogens is 1. The Morgan fingerprint density at radius 3 is 2.79 bits per heavy atom. The molecule has 2 aromatic rings. The van der Waals surface area contributed by atoms with Crippen molar-refractivity contribution in [2.75, 3.05) is 0 Å². The van der Waals surface area contributed by atoms with Gasteiger partial charge in [0.2, 0.25) is 5.75 Å². The summed E-state index contributed by atoms with van der Waals surface area (Å²) in [7, 11) is 0. The Kier molecular flexibility index (Phi) is 3.73. The van der Waals surface area contributed by atoms with E-state index in [0.29, 0.717) is 10.2 Å². The van der Waals surface area contributed by atoms with Crippen LogP contribution in [0.4, 0.5) is 5.69 Å². The van der Waals surface area contributed by atoms with Crippen molar-refractivity contribution in [3.05, 3.63) is 56.8 Å². The number of nitro groups is 1. The van der Waals surface area contributed by atoms with Gasteiger partial charge in [-0.2, -0.15) is 5.26 Å². The summed E-state index contributed by atoms with van der Waals surface area (Å²) in [5.41, 5.74) is 0.0718. The first-order chi connectivity index (χ1) is 9.10. The molecule has 0 atom stereocenters. The van der Waals surface area contributed by atoms with Gasteiger partial charge in [-0.3, -0.25) is 15.1 Å². The number of rotatable bonds is 3. The molecule has 0 spiro atoms. The van der Waals surface area contributed by atoms with Crippen molar-refractivity contribution in [3.63, 3.8) is 0 Å². The van der Waals surface area contributed by atoms with Crippen LogP contribution in [-0.2, 0) is 0 Å². The third-order valence-corrected chi connectivity index (χ3v) is 2.63. The molecule has 1 heterocycles. The third kappa shape index (κ3) is 3.05. The van der Waals surface area contributed by atoms with Crippen molar-refractivity contribution in [1.82, 2.24) is 4.98 Å². The molecule has 0 aliphatic rings. The van der Waals surface area contributed by atoms with Crippen molar-refractivity contribution in [2.45, 2.75) is 0 Å². The van der Waals surface area contributed by atoms with Crippen LogP contribution in [0.1, 0.15) is 5.56 Å². The Balaban J connectivity index is 2.43. The predicted molar refractivity (Wildman–Crippen MR) is 69.8 cm³/mol. The van der Waals surface area contributed by atoms with Crippen LogP contribution >= 0.6 is 15.9 Å². The largest absolute Gasteiger partial charge is 0.448 e. The first kappa shape index (κ1) is 13.0. The van der Waals surface area contributed by atoms with E-state index in [1.54, 1.807) is 12.3 Å². The molecule has 0 radical (unpaired) electrons. The van der Waals surface area contributed by atoms with Gasteiger partial charge in [0, 0.05) is 22.8 Å². The number of nitro benzene ring substituents is 1. The lowest BCUT2D eigenvalue weighted by Crippen LogP contribution is -1.94. The molecule has 6 nitrogen and oxygen atoms in total. The number of hydrogen-bond donors (Lipinski definition) is 0. The molecule has 0 saturated heterocycles. The first-order valence-corrected chi connectivity index (χ1v) is 5.86. The molecule has 0 saturated carbocycles. The lowest BCUT2D eigenvalue weighted by Gasteiger charge is -2.06. The lowest BCUT2D eigenvalue weighted by molar-refractivity contribution is -0.385. The average Bonchev–Trinajstić information content (AvgIpc) is 2.38. The number of ether oxygens (including phenoxy) is 1. The standard InChI is InChI=1S/C12H6BrN3O3/c13-9-4-10(7-15-6-9)19-12-3-8(5-14)1-2-11(12)16(17)18/h1-4,6-7H. The molecule has 0 amide bonds. The fourth-order valence-electron chi connectivity index (χ4n) is 1.39. The van der Waals surface area contributed by atoms with E-state index in [0.717, 1.165) is 0 Å². The molecular weight excluding hydrogens is 314 g/mol. The van der Waals surface area contributed by atoms with Crippen LogP contribution in [0.3, 0.4) is 0 Å². The molecule has 0 aliphatic carbocycles. The molecule has 0 fully saturated rings. The van der Waals surface area contributed by atoms with Gasteiger partial charge in [0.15, 0.2) is 0 Å². The average molecular weight is 320 g/mol. The van der Waals surface area contributed by atoms with Gasteiger partial charge in [-0.15, -0.1) is 0 Å². The van der Waals surface area contributed by atoms with E-state index >= 15 is 0 Å². The van der Waals surface area contributed by atoms with Gasteiger partial charge in [0.1, 0.15) is 5.75 Å². The summed E-state index contributed by atoms with van der Waals surface area (Å²) in [4.78, 5) is 14.2. The molecule has 1 aromatic heterocycles. The Morgan fingerprint density at radius 2 is 2.16 bits per heavy atom. The number of benzene rings is 1. The highest BCUT2D eigenvalue weighted by Crippen LogP contribution is 2.32. The normalized spacial score (nSPS) is 9.68. The van der Waals surface area contributed by atoms with E-state index in [1.807, 2.05) is 6.07 Å². The van der Waals surface area contributed by atoms with Crippen molar-refractivity contribution in [1.29, 1.82) is 5.26 Å². The Hall–Kier alpha value is -2.46. The summed E-state index contributed by atoms with van der Waals surface area (Å²) >= 11 is 3.22. The molecule has 0 aliphatic heterocycles. The van der Waals surface area contributed by atoms with Crippen LogP contribution in [-0.4, -0.2) is 9.91 Å². The summed E-state index contributed by atoms with van der Waals surface area (Å²) < 4.78 is 6.09. The van der Waals surface area contributed by atoms with Gasteiger partial charge in [-0.05, 0) is 28.1 Å². The maximum absolute atomic E-state index is 10.9. The second-order valence-electron chi connectivity index (χ2n) is 3.49. The minimum Gasteiger partial charge on any atom is -0.448 e. The molecule has 7 heteroatoms. The van der Waals surface area contributed by atoms with E-state index in [2.05, 4.69) is 20.9 Å². The van der Waals surface area contributed by atoms with Crippen molar-refractivity contribution in [3.8, 4) is 17.6 Å². The van der Waals surface area contributed by atoms with Gasteiger partial charge in [-0.1, -0.05) is 0 Å². The van der Waals surface area contributed by atoms with E-state index in [4.69, 9.17) is 10.00 Å². The second-order valence-corrected chi connectivity index (χ2v) is 4.41. The smallest absolute Gasteiger partial charge is 0.311 e. The fraction of sp³-hybridized carbons (Fsp3) is 0. The van der Waals surface area contributed by atoms with E-state index < -0.39 is 4.92 Å². The third-order valence-electron chi connectivity index (χ3n) is 2.19. The summed E-state index contributed by atoms with van der Waals surface area (Å²) in [5, 5.41) is 19.7. The summed E-state index contributed by atoms with van der Waals surface area (Å²) in [5.74, 6) is 0.344. The highest BCUT2D eigenvalue weighted by Gasteiger charge is 2.16. The zero-order valence-corrected chi connectivity index (χ0v) is 11.0. The van der Waals surface area contributed by atoms with Gasteiger partial charge in [-0.25, -0.2) is 0 Å². The first-order valence-electron chi connectivity index (χ1n) is 5.07. The highest BCUT2D eigenvalue weighted by molar-refractivity contribution is 9.10. The van der Waals surface area contributed by atoms with E-state index in [-0.39, 0.29) is 17.0 Å². The van der Waals surface area contributed by atoms with Crippen LogP contribution in [0, 0.1) is 21.4 Å². The number of nitriles is 1. The fourth-order valence-corrected chi connectivity index (χ4v) is 1.74. The molecule has 0 bridgehead atoms. The van der Waals surface area contributed by atoms with Crippen LogP contribution < -0.4 is 4.74 Å². The van der Waals surface area contributed by atoms with Gasteiger partial charge in [0.25, 0.3) is 0 Å². The number of pyridine rings is 1. The van der Waals surface area contributed by atoms with E-state index in [1.165, 1.54) is 24.4 Å². The highest BCUT2D eigenvalue weighted by atomic mass is 79.9. The van der Waals surface area contributed by atoms with Gasteiger partial charge >= 0.3 is 5.69 Å². The zero-order valence-electron chi connectivity index (χ0n) is 9.41. The quantitative estimate of drug-likeness (QED) is 0.638. The van der Waals surface area contributed by atoms with Gasteiger partial charge < -0.3 is 4.74 Å². The van der Waals surface area contributed by atoms with Crippen molar-refractivity contribution >= 4 is 21.6 Å². The molecule has 94 valence electrons. The predicted octanol–water partition coefficient (Wildman–Crippen LogP) is 3.42. The van der Waals surface area contributed by atoms with Crippen molar-refractivity contribution in [2.24, 2.45) is 0 Å². The monoisotopic (exact) mass is 319 g/mol. The Labute approximate surface area is 116 Å². The topological polar surface area (TPSA) is 89.0 Å². The van der Waals surface area contributed by atoms with Crippen LogP contribution in [0.5, 0.6) is 11.5 Å². The van der Waals surface area contributed by atoms with E-state index in [9.17, 15) is 10.1 Å². The summed E-state index contributed by atoms with van der Waals surface area (Å²) in [6, 6.07) is 7.44. The SMILES string of the molecule is N#Cc1ccc([N+](=O)[O-])c(Oc2cncc(Br)c2)c1. The number of hydrogen-bond acceptors (Lipinski definition) is 5. The Bertz CT molecular complexity index is 682. The summed E-state index contributed by atoms with van der Waals surface area (Å²) in [6.45, 7) is 0. The molecule has 19 heavy (non-hydrogen) atoms. The maximum atomic E-state index is 10.9. The number of aromatic nitrogens is 1. The molecule has 0 N–H and O–H groups in total. The second kappa shape index (κ2) is 5.46. The maximum Gasteiger partial charge on any atom is 0.311 e. The van der Waals surface area contributed by atoms with Crippen molar-refractivity contribution < 1.29 is 9.66 Å². The minimum absolute atomic E-state index is 0.00366. The number of nitrogens with zero attached hydrogens (tertiary/aromatic N) is 3. The Morgan fingerprint density at radius 1 is 1.37 bits per heavy atom. The molecule has 1 aromatic carbocycles. The zero-order chi connectivity index (χ0) is 13.8. The molecular formula is C12H6BrN3O3. The van der Waals surface area contributed by atoms with Gasteiger partial charge in [0.05, 0.1) is 22.8 Å². The minimum atomic E-state index is -0.568. The van der Waals surface area contributed by atoms with Crippen LogP contribution in [0.15, 0.2) is 41.1 Å². The molecule has 0 unspecified atom stereocenters. The van der Waals surface area contributed by atoms with Crippen LogP contribution in [0.2, 0.25) is 0 Å². The van der Waals surface area contributed by atoms with Crippen LogP contribution in [0.25, 0.3) is 0 Å². The molecule has 2 rings (SSSR count). The summed E-state index contributed by atoms with van der Waals surface area (Å²) in [6.07, 6.45) is 2.99.